The Bertz CT molecular complexity index is 3110. The molecule has 0 radical (unpaired) electrons. The molecule has 0 atom stereocenters. The summed E-state index contributed by atoms with van der Waals surface area (Å²) in [6.07, 6.45) is 3.84. The van der Waals surface area contributed by atoms with Gasteiger partial charge in [0.25, 0.3) is 0 Å². The molecule has 0 aliphatic heterocycles. The van der Waals surface area contributed by atoms with Crippen LogP contribution in [0.4, 0.5) is 0 Å². The van der Waals surface area contributed by atoms with E-state index in [0.717, 1.165) is 38.9 Å². The number of nitrogens with zero attached hydrogens (tertiary/aromatic N) is 1. The number of hydrogen-bond acceptors (Lipinski definition) is 2. The molecule has 2 heteroatoms. The molecule has 0 bridgehead atoms. The van der Waals surface area contributed by atoms with E-state index in [1.807, 2.05) is 54.8 Å². The van der Waals surface area contributed by atoms with E-state index in [0.29, 0.717) is 5.71 Å². The van der Waals surface area contributed by atoms with E-state index in [2.05, 4.69) is 172 Å². The number of rotatable bonds is 8. The van der Waals surface area contributed by atoms with Gasteiger partial charge in [0.1, 0.15) is 0 Å². The molecule has 59 heavy (non-hydrogen) atoms. The van der Waals surface area contributed by atoms with Crippen molar-refractivity contribution in [1.82, 2.24) is 0 Å². The predicted molar refractivity (Wildman–Crippen MR) is 251 cm³/mol. The standard InChI is InChI=1S/C57H42N2/c1-57(2)53-35-43-21-10-9-20-42(43)34-52(53)51-27-15-26-48(56(51)57)40-30-28-39(29-31-40)47-33-32-44(46-23-11-13-24-49(46)47)37-59-55(36-54(58)41-18-7-4-8-19-41)50-25-14-12-22-45(50)38-16-5-3-6-17-38/h3-37,58H,1-2H3/b55-36-,58-54?,59-37?. The maximum absolute atomic E-state index is 9.06. The minimum Gasteiger partial charge on any atom is -0.300 e. The van der Waals surface area contributed by atoms with Crippen molar-refractivity contribution >= 4 is 39.2 Å². The lowest BCUT2D eigenvalue weighted by atomic mass is 9.78. The van der Waals surface area contributed by atoms with Gasteiger partial charge in [0.15, 0.2) is 0 Å². The van der Waals surface area contributed by atoms with Gasteiger partial charge in [-0.15, -0.1) is 0 Å². The topological polar surface area (TPSA) is 36.2 Å². The monoisotopic (exact) mass is 754 g/mol. The van der Waals surface area contributed by atoms with Gasteiger partial charge >= 0.3 is 0 Å². The van der Waals surface area contributed by atoms with Gasteiger partial charge in [-0.25, -0.2) is 0 Å². The summed E-state index contributed by atoms with van der Waals surface area (Å²) >= 11 is 0. The molecule has 0 spiro atoms. The number of aliphatic imine (C=N–C) groups is 1. The summed E-state index contributed by atoms with van der Waals surface area (Å²) < 4.78 is 0. The van der Waals surface area contributed by atoms with Gasteiger partial charge in [-0.2, -0.15) is 0 Å². The van der Waals surface area contributed by atoms with Crippen molar-refractivity contribution in [3.8, 4) is 44.5 Å². The van der Waals surface area contributed by atoms with Crippen LogP contribution < -0.4 is 0 Å². The molecule has 2 nitrogen and oxygen atoms in total. The lowest BCUT2D eigenvalue weighted by Gasteiger charge is -2.25. The number of hydrogen-bond donors (Lipinski definition) is 1. The molecule has 280 valence electrons. The van der Waals surface area contributed by atoms with Crippen LogP contribution in [-0.2, 0) is 5.41 Å². The average Bonchev–Trinajstić information content (AvgIpc) is 3.52. The quantitative estimate of drug-likeness (QED) is 0.150. The maximum Gasteiger partial charge on any atom is 0.0729 e. The first-order valence-electron chi connectivity index (χ1n) is 20.3. The molecule has 0 saturated carbocycles. The molecular weight excluding hydrogens is 713 g/mol. The van der Waals surface area contributed by atoms with Crippen LogP contribution >= 0.6 is 0 Å². The van der Waals surface area contributed by atoms with Crippen molar-refractivity contribution in [2.45, 2.75) is 19.3 Å². The van der Waals surface area contributed by atoms with Crippen LogP contribution in [0, 0.1) is 5.41 Å². The molecule has 0 aromatic heterocycles. The fourth-order valence-corrected chi connectivity index (χ4v) is 9.06. The summed E-state index contributed by atoms with van der Waals surface area (Å²) in [6.45, 7) is 4.74. The second-order valence-electron chi connectivity index (χ2n) is 15.9. The van der Waals surface area contributed by atoms with E-state index in [4.69, 9.17) is 10.4 Å². The zero-order valence-corrected chi connectivity index (χ0v) is 33.2. The van der Waals surface area contributed by atoms with Crippen molar-refractivity contribution in [3.05, 3.63) is 234 Å². The van der Waals surface area contributed by atoms with Gasteiger partial charge in [-0.3, -0.25) is 4.99 Å². The zero-order chi connectivity index (χ0) is 39.9. The smallest absolute Gasteiger partial charge is 0.0729 e. The van der Waals surface area contributed by atoms with Crippen LogP contribution in [0.3, 0.4) is 0 Å². The Kier molecular flexibility index (Phi) is 9.03. The second-order valence-corrected chi connectivity index (χ2v) is 15.9. The van der Waals surface area contributed by atoms with Gasteiger partial charge in [0.05, 0.1) is 11.4 Å². The van der Waals surface area contributed by atoms with Gasteiger partial charge in [-0.1, -0.05) is 202 Å². The highest BCUT2D eigenvalue weighted by Crippen LogP contribution is 2.53. The molecule has 1 aliphatic carbocycles. The van der Waals surface area contributed by atoms with Crippen molar-refractivity contribution in [2.75, 3.05) is 0 Å². The van der Waals surface area contributed by atoms with Crippen molar-refractivity contribution in [1.29, 1.82) is 5.41 Å². The minimum atomic E-state index is -0.127. The highest BCUT2D eigenvalue weighted by atomic mass is 14.7. The molecule has 0 heterocycles. The SMILES string of the molecule is CC1(C)c2cc3ccccc3cc2-c2cccc(-c3ccc(-c4ccc(C=N/C(=C\C(=N)c5ccccc5)c5ccccc5-c5ccccc5)c5ccccc45)cc3)c21. The Labute approximate surface area is 346 Å². The van der Waals surface area contributed by atoms with Crippen LogP contribution in [0.2, 0.25) is 0 Å². The molecule has 0 amide bonds. The summed E-state index contributed by atoms with van der Waals surface area (Å²) in [7, 11) is 0. The molecule has 0 fully saturated rings. The summed E-state index contributed by atoms with van der Waals surface area (Å²) in [5.74, 6) is 0. The fourth-order valence-electron chi connectivity index (χ4n) is 9.06. The van der Waals surface area contributed by atoms with Crippen molar-refractivity contribution in [3.63, 3.8) is 0 Å². The first-order valence-corrected chi connectivity index (χ1v) is 20.3. The first-order chi connectivity index (χ1) is 28.9. The van der Waals surface area contributed by atoms with Crippen LogP contribution in [0.25, 0.3) is 71.7 Å². The summed E-state index contributed by atoms with van der Waals surface area (Å²) in [5.41, 5.74) is 16.3. The van der Waals surface area contributed by atoms with E-state index in [1.54, 1.807) is 0 Å². The van der Waals surface area contributed by atoms with Crippen molar-refractivity contribution < 1.29 is 0 Å². The second kappa shape index (κ2) is 14.8. The summed E-state index contributed by atoms with van der Waals surface area (Å²) in [5, 5.41) is 13.9. The van der Waals surface area contributed by atoms with E-state index in [9.17, 15) is 0 Å². The van der Waals surface area contributed by atoms with Crippen LogP contribution in [-0.4, -0.2) is 11.9 Å². The van der Waals surface area contributed by atoms with Crippen molar-refractivity contribution in [2.24, 2.45) is 4.99 Å². The number of benzene rings is 9. The summed E-state index contributed by atoms with van der Waals surface area (Å²) in [4.78, 5) is 5.18. The highest BCUT2D eigenvalue weighted by Gasteiger charge is 2.37. The van der Waals surface area contributed by atoms with Gasteiger partial charge in [0.2, 0.25) is 0 Å². The van der Waals surface area contributed by atoms with Gasteiger partial charge in [-0.05, 0) is 101 Å². The summed E-state index contributed by atoms with van der Waals surface area (Å²) in [6, 6.07) is 70.9. The molecule has 1 aliphatic rings. The minimum absolute atomic E-state index is 0.127. The third kappa shape index (κ3) is 6.49. The Morgan fingerprint density at radius 3 is 1.81 bits per heavy atom. The van der Waals surface area contributed by atoms with E-state index in [-0.39, 0.29) is 5.41 Å². The molecule has 9 aromatic rings. The Morgan fingerprint density at radius 1 is 0.475 bits per heavy atom. The molecule has 1 N–H and O–H groups in total. The largest absolute Gasteiger partial charge is 0.300 e. The van der Waals surface area contributed by atoms with E-state index < -0.39 is 0 Å². The van der Waals surface area contributed by atoms with E-state index >= 15 is 0 Å². The lowest BCUT2D eigenvalue weighted by Crippen LogP contribution is -2.16. The lowest BCUT2D eigenvalue weighted by molar-refractivity contribution is 0.663. The predicted octanol–water partition coefficient (Wildman–Crippen LogP) is 14.8. The first kappa shape index (κ1) is 36.0. The fraction of sp³-hybridized carbons (Fsp3) is 0.0526. The average molecular weight is 755 g/mol. The van der Waals surface area contributed by atoms with Crippen LogP contribution in [0.1, 0.15) is 41.7 Å². The highest BCUT2D eigenvalue weighted by molar-refractivity contribution is 6.12. The number of nitrogens with one attached hydrogen (secondary N) is 1. The Morgan fingerprint density at radius 2 is 1.05 bits per heavy atom. The zero-order valence-electron chi connectivity index (χ0n) is 33.2. The molecular formula is C57H42N2. The molecule has 0 unspecified atom stereocenters. The Hall–Kier alpha value is -7.42. The third-order valence-electron chi connectivity index (χ3n) is 12.0. The molecule has 0 saturated heterocycles. The van der Waals surface area contributed by atoms with E-state index in [1.165, 1.54) is 60.7 Å². The molecule has 9 aromatic carbocycles. The van der Waals surface area contributed by atoms with Gasteiger partial charge in [0, 0.05) is 22.8 Å². The third-order valence-corrected chi connectivity index (χ3v) is 12.0. The normalized spacial score (nSPS) is 13.2. The molecule has 10 rings (SSSR count). The van der Waals surface area contributed by atoms with Gasteiger partial charge < -0.3 is 5.41 Å². The Balaban J connectivity index is 1.01. The maximum atomic E-state index is 9.06. The number of allylic oxidation sites excluding steroid dienone is 1. The van der Waals surface area contributed by atoms with Crippen LogP contribution in [0.5, 0.6) is 0 Å². The van der Waals surface area contributed by atoms with Crippen LogP contribution in [0.15, 0.2) is 211 Å². The number of fused-ring (bicyclic) bond motifs is 5.